The van der Waals surface area contributed by atoms with Crippen molar-refractivity contribution in [1.82, 2.24) is 0 Å². The number of halogens is 1. The standard InChI is InChI=1S/C13H16FN/c14-12-6-8-13(9-7-12)15-10-11-4-2-1-3-5-11/h1-2,6-9,11,15H,3-5,10H2/t11-/m1/s1. The monoisotopic (exact) mass is 205 g/mol. The molecule has 2 heteroatoms. The van der Waals surface area contributed by atoms with Gasteiger partial charge in [0.05, 0.1) is 0 Å². The van der Waals surface area contributed by atoms with E-state index < -0.39 is 0 Å². The number of benzene rings is 1. The second-order valence-electron chi connectivity index (χ2n) is 4.04. The van der Waals surface area contributed by atoms with Gasteiger partial charge in [-0.2, -0.15) is 0 Å². The van der Waals surface area contributed by atoms with Gasteiger partial charge in [0.15, 0.2) is 0 Å². The van der Waals surface area contributed by atoms with E-state index in [9.17, 15) is 4.39 Å². The second-order valence-corrected chi connectivity index (χ2v) is 4.04. The fraction of sp³-hybridized carbons (Fsp3) is 0.385. The van der Waals surface area contributed by atoms with Gasteiger partial charge in [0.2, 0.25) is 0 Å². The molecule has 80 valence electrons. The van der Waals surface area contributed by atoms with E-state index >= 15 is 0 Å². The molecule has 0 amide bonds. The fourth-order valence-electron chi connectivity index (χ4n) is 1.87. The van der Waals surface area contributed by atoms with Crippen molar-refractivity contribution in [2.24, 2.45) is 5.92 Å². The Morgan fingerprint density at radius 3 is 2.67 bits per heavy atom. The van der Waals surface area contributed by atoms with E-state index in [4.69, 9.17) is 0 Å². The van der Waals surface area contributed by atoms with E-state index in [0.717, 1.165) is 24.6 Å². The molecule has 0 spiro atoms. The average Bonchev–Trinajstić information content (AvgIpc) is 2.30. The number of anilines is 1. The lowest BCUT2D eigenvalue weighted by atomic mass is 9.94. The van der Waals surface area contributed by atoms with Gasteiger partial charge in [-0.3, -0.25) is 0 Å². The largest absolute Gasteiger partial charge is 0.385 e. The second kappa shape index (κ2) is 4.96. The van der Waals surface area contributed by atoms with Gasteiger partial charge >= 0.3 is 0 Å². The average molecular weight is 205 g/mol. The summed E-state index contributed by atoms with van der Waals surface area (Å²) in [6.07, 6.45) is 8.10. The molecular weight excluding hydrogens is 189 g/mol. The van der Waals surface area contributed by atoms with Crippen molar-refractivity contribution in [2.75, 3.05) is 11.9 Å². The summed E-state index contributed by atoms with van der Waals surface area (Å²) in [6.45, 7) is 0.982. The predicted molar refractivity (Wildman–Crippen MR) is 61.4 cm³/mol. The van der Waals surface area contributed by atoms with E-state index in [1.54, 1.807) is 12.1 Å². The number of hydrogen-bond acceptors (Lipinski definition) is 1. The van der Waals surface area contributed by atoms with E-state index in [1.165, 1.54) is 25.0 Å². The van der Waals surface area contributed by atoms with Crippen LogP contribution >= 0.6 is 0 Å². The van der Waals surface area contributed by atoms with Crippen LogP contribution in [0.15, 0.2) is 36.4 Å². The minimum absolute atomic E-state index is 0.179. The zero-order chi connectivity index (χ0) is 10.5. The van der Waals surface area contributed by atoms with Crippen LogP contribution in [0.5, 0.6) is 0 Å². The van der Waals surface area contributed by atoms with Crippen LogP contribution < -0.4 is 5.32 Å². The third kappa shape index (κ3) is 3.08. The number of hydrogen-bond donors (Lipinski definition) is 1. The molecule has 0 saturated carbocycles. The molecule has 0 fully saturated rings. The lowest BCUT2D eigenvalue weighted by molar-refractivity contribution is 0.504. The third-order valence-electron chi connectivity index (χ3n) is 2.82. The Bertz CT molecular complexity index is 329. The third-order valence-corrected chi connectivity index (χ3v) is 2.82. The molecule has 1 N–H and O–H groups in total. The summed E-state index contributed by atoms with van der Waals surface area (Å²) in [7, 11) is 0. The molecule has 1 nitrogen and oxygen atoms in total. The van der Waals surface area contributed by atoms with Gasteiger partial charge in [0.25, 0.3) is 0 Å². The minimum Gasteiger partial charge on any atom is -0.385 e. The molecule has 0 saturated heterocycles. The van der Waals surface area contributed by atoms with Crippen molar-refractivity contribution in [2.45, 2.75) is 19.3 Å². The Balaban J connectivity index is 1.82. The van der Waals surface area contributed by atoms with E-state index in [-0.39, 0.29) is 5.82 Å². The summed E-state index contributed by atoms with van der Waals surface area (Å²) in [5, 5.41) is 3.34. The van der Waals surface area contributed by atoms with Gasteiger partial charge in [0.1, 0.15) is 5.82 Å². The Morgan fingerprint density at radius 1 is 1.20 bits per heavy atom. The van der Waals surface area contributed by atoms with Crippen LogP contribution in [0.1, 0.15) is 19.3 Å². The van der Waals surface area contributed by atoms with Gasteiger partial charge in [-0.1, -0.05) is 12.2 Å². The molecule has 1 aliphatic carbocycles. The van der Waals surface area contributed by atoms with Crippen molar-refractivity contribution in [3.63, 3.8) is 0 Å². The van der Waals surface area contributed by atoms with Gasteiger partial charge in [-0.15, -0.1) is 0 Å². The maximum absolute atomic E-state index is 12.6. The number of allylic oxidation sites excluding steroid dienone is 2. The molecule has 1 atom stereocenters. The molecule has 15 heavy (non-hydrogen) atoms. The lowest BCUT2D eigenvalue weighted by Crippen LogP contribution is -2.15. The summed E-state index contributed by atoms with van der Waals surface area (Å²) in [4.78, 5) is 0. The highest BCUT2D eigenvalue weighted by Gasteiger charge is 2.08. The highest BCUT2D eigenvalue weighted by molar-refractivity contribution is 5.42. The van der Waals surface area contributed by atoms with E-state index in [0.29, 0.717) is 0 Å². The fourth-order valence-corrected chi connectivity index (χ4v) is 1.87. The minimum atomic E-state index is -0.179. The first-order chi connectivity index (χ1) is 7.34. The Kier molecular flexibility index (Phi) is 3.38. The Morgan fingerprint density at radius 2 is 2.00 bits per heavy atom. The quantitative estimate of drug-likeness (QED) is 0.743. The van der Waals surface area contributed by atoms with Crippen LogP contribution in [0.2, 0.25) is 0 Å². The molecule has 2 rings (SSSR count). The molecule has 0 bridgehead atoms. The van der Waals surface area contributed by atoms with Gasteiger partial charge in [0, 0.05) is 12.2 Å². The summed E-state index contributed by atoms with van der Waals surface area (Å²) in [5.41, 5.74) is 1.01. The van der Waals surface area contributed by atoms with Crippen LogP contribution in [0, 0.1) is 11.7 Å². The van der Waals surface area contributed by atoms with Gasteiger partial charge in [-0.25, -0.2) is 4.39 Å². The van der Waals surface area contributed by atoms with Crippen LogP contribution in [0.4, 0.5) is 10.1 Å². The molecule has 0 unspecified atom stereocenters. The Labute approximate surface area is 90.0 Å². The van der Waals surface area contributed by atoms with E-state index in [1.807, 2.05) is 0 Å². The van der Waals surface area contributed by atoms with Crippen LogP contribution in [0.25, 0.3) is 0 Å². The number of nitrogens with one attached hydrogen (secondary N) is 1. The van der Waals surface area contributed by atoms with Crippen LogP contribution in [-0.2, 0) is 0 Å². The van der Waals surface area contributed by atoms with Crippen molar-refractivity contribution >= 4 is 5.69 Å². The number of rotatable bonds is 3. The molecule has 1 aromatic carbocycles. The van der Waals surface area contributed by atoms with Crippen molar-refractivity contribution in [1.29, 1.82) is 0 Å². The maximum Gasteiger partial charge on any atom is 0.123 e. The smallest absolute Gasteiger partial charge is 0.123 e. The first-order valence-corrected chi connectivity index (χ1v) is 5.49. The molecule has 0 aromatic heterocycles. The molecule has 0 aliphatic heterocycles. The van der Waals surface area contributed by atoms with Crippen LogP contribution in [-0.4, -0.2) is 6.54 Å². The molecule has 1 aliphatic rings. The summed E-state index contributed by atoms with van der Waals surface area (Å²) < 4.78 is 12.6. The summed E-state index contributed by atoms with van der Waals surface area (Å²) in [5.74, 6) is 0.543. The summed E-state index contributed by atoms with van der Waals surface area (Å²) in [6, 6.07) is 6.55. The zero-order valence-corrected chi connectivity index (χ0v) is 8.75. The molecule has 0 heterocycles. The van der Waals surface area contributed by atoms with Crippen molar-refractivity contribution < 1.29 is 4.39 Å². The predicted octanol–water partition coefficient (Wildman–Crippen LogP) is 3.59. The molecule has 1 aromatic rings. The molecular formula is C13H16FN. The Hall–Kier alpha value is -1.31. The molecule has 0 radical (unpaired) electrons. The van der Waals surface area contributed by atoms with Crippen LogP contribution in [0.3, 0.4) is 0 Å². The normalized spacial score (nSPS) is 20.2. The highest BCUT2D eigenvalue weighted by atomic mass is 19.1. The van der Waals surface area contributed by atoms with Gasteiger partial charge in [-0.05, 0) is 49.4 Å². The maximum atomic E-state index is 12.6. The highest BCUT2D eigenvalue weighted by Crippen LogP contribution is 2.19. The van der Waals surface area contributed by atoms with Gasteiger partial charge < -0.3 is 5.32 Å². The van der Waals surface area contributed by atoms with E-state index in [2.05, 4.69) is 17.5 Å². The van der Waals surface area contributed by atoms with Crippen molar-refractivity contribution in [3.05, 3.63) is 42.2 Å². The summed E-state index contributed by atoms with van der Waals surface area (Å²) >= 11 is 0. The lowest BCUT2D eigenvalue weighted by Gasteiger charge is -2.18. The zero-order valence-electron chi connectivity index (χ0n) is 8.75. The SMILES string of the molecule is Fc1ccc(NC[C@@H]2CC=CCC2)cc1. The van der Waals surface area contributed by atoms with Crippen molar-refractivity contribution in [3.8, 4) is 0 Å². The topological polar surface area (TPSA) is 12.0 Å². The first-order valence-electron chi connectivity index (χ1n) is 5.49. The first kappa shape index (κ1) is 10.2.